The standard InChI is InChI=1S/C21H30BrN5O.HI/c1-4-23-21(25-13-19-11-20(15(2)3)26-28-19)24-12-16-9-10-27(14-16)18-7-5-17(22)6-8-18;/h5-8,11,15-16H,4,9-10,12-14H2,1-3H3,(H2,23,24,25);1H. The summed E-state index contributed by atoms with van der Waals surface area (Å²) >= 11 is 3.50. The number of guanidine groups is 1. The molecule has 1 aromatic carbocycles. The van der Waals surface area contributed by atoms with Crippen molar-refractivity contribution < 1.29 is 4.52 Å². The van der Waals surface area contributed by atoms with Crippen molar-refractivity contribution in [3.8, 4) is 0 Å². The van der Waals surface area contributed by atoms with Gasteiger partial charge in [-0.25, -0.2) is 4.99 Å². The van der Waals surface area contributed by atoms with E-state index in [1.807, 2.05) is 6.07 Å². The lowest BCUT2D eigenvalue weighted by Crippen LogP contribution is -2.40. The third-order valence-electron chi connectivity index (χ3n) is 4.94. The van der Waals surface area contributed by atoms with Gasteiger partial charge in [-0.3, -0.25) is 0 Å². The maximum atomic E-state index is 5.38. The van der Waals surface area contributed by atoms with E-state index in [1.165, 1.54) is 12.1 Å². The molecule has 1 fully saturated rings. The van der Waals surface area contributed by atoms with Crippen LogP contribution in [0.5, 0.6) is 0 Å². The van der Waals surface area contributed by atoms with Gasteiger partial charge in [-0.1, -0.05) is 34.9 Å². The maximum absolute atomic E-state index is 5.38. The highest BCUT2D eigenvalue weighted by molar-refractivity contribution is 14.0. The van der Waals surface area contributed by atoms with Crippen molar-refractivity contribution in [2.45, 2.75) is 39.7 Å². The maximum Gasteiger partial charge on any atom is 0.191 e. The second-order valence-electron chi connectivity index (χ2n) is 7.53. The van der Waals surface area contributed by atoms with Gasteiger partial charge in [0.05, 0.1) is 5.69 Å². The monoisotopic (exact) mass is 575 g/mol. The lowest BCUT2D eigenvalue weighted by Gasteiger charge is -2.19. The molecule has 0 bridgehead atoms. The largest absolute Gasteiger partial charge is 0.371 e. The molecule has 29 heavy (non-hydrogen) atoms. The molecule has 1 atom stereocenters. The zero-order valence-electron chi connectivity index (χ0n) is 17.3. The molecule has 0 radical (unpaired) electrons. The van der Waals surface area contributed by atoms with Gasteiger partial charge in [-0.2, -0.15) is 0 Å². The molecule has 0 amide bonds. The second-order valence-corrected chi connectivity index (χ2v) is 8.44. The average Bonchev–Trinajstić information content (AvgIpc) is 3.34. The van der Waals surface area contributed by atoms with Gasteiger partial charge in [0.1, 0.15) is 6.54 Å². The van der Waals surface area contributed by atoms with E-state index in [0.717, 1.165) is 48.1 Å². The number of hydrogen-bond acceptors (Lipinski definition) is 4. The summed E-state index contributed by atoms with van der Waals surface area (Å²) in [5, 5.41) is 10.9. The highest BCUT2D eigenvalue weighted by atomic mass is 127. The molecule has 3 rings (SSSR count). The molecule has 1 saturated heterocycles. The lowest BCUT2D eigenvalue weighted by atomic mass is 10.1. The summed E-state index contributed by atoms with van der Waals surface area (Å²) in [5.74, 6) is 2.59. The first kappa shape index (κ1) is 24.0. The molecule has 1 unspecified atom stereocenters. The fraction of sp³-hybridized carbons (Fsp3) is 0.524. The number of halogens is 2. The fourth-order valence-electron chi connectivity index (χ4n) is 3.30. The molecule has 0 spiro atoms. The Kier molecular flexibility index (Phi) is 9.74. The number of benzene rings is 1. The molecule has 0 saturated carbocycles. The number of nitrogens with zero attached hydrogens (tertiary/aromatic N) is 3. The van der Waals surface area contributed by atoms with E-state index in [4.69, 9.17) is 4.52 Å². The summed E-state index contributed by atoms with van der Waals surface area (Å²) in [4.78, 5) is 7.10. The van der Waals surface area contributed by atoms with Crippen molar-refractivity contribution in [3.05, 3.63) is 46.3 Å². The van der Waals surface area contributed by atoms with E-state index in [2.05, 4.69) is 86.6 Å². The van der Waals surface area contributed by atoms with Gasteiger partial charge < -0.3 is 20.1 Å². The SMILES string of the molecule is CCNC(=NCc1cc(C(C)C)no1)NCC1CCN(c2ccc(Br)cc2)C1.I. The number of aliphatic imine (C=N–C) groups is 1. The molecule has 2 aromatic rings. The van der Waals surface area contributed by atoms with Crippen LogP contribution in [0.3, 0.4) is 0 Å². The summed E-state index contributed by atoms with van der Waals surface area (Å²) in [6.07, 6.45) is 1.18. The third-order valence-corrected chi connectivity index (χ3v) is 5.47. The highest BCUT2D eigenvalue weighted by Gasteiger charge is 2.22. The van der Waals surface area contributed by atoms with Crippen LogP contribution in [0.4, 0.5) is 5.69 Å². The minimum absolute atomic E-state index is 0. The van der Waals surface area contributed by atoms with Gasteiger partial charge in [0.25, 0.3) is 0 Å². The van der Waals surface area contributed by atoms with Crippen LogP contribution < -0.4 is 15.5 Å². The normalized spacial score (nSPS) is 16.8. The second kappa shape index (κ2) is 11.8. The number of hydrogen-bond donors (Lipinski definition) is 2. The number of nitrogens with one attached hydrogen (secondary N) is 2. The van der Waals surface area contributed by atoms with Crippen LogP contribution in [0.25, 0.3) is 0 Å². The molecular formula is C21H31BrIN5O. The van der Waals surface area contributed by atoms with Crippen LogP contribution in [-0.4, -0.2) is 37.3 Å². The average molecular weight is 576 g/mol. The van der Waals surface area contributed by atoms with Gasteiger partial charge in [0.2, 0.25) is 0 Å². The van der Waals surface area contributed by atoms with Gasteiger partial charge in [-0.05, 0) is 49.4 Å². The van der Waals surface area contributed by atoms with Crippen molar-refractivity contribution in [2.24, 2.45) is 10.9 Å². The molecule has 2 heterocycles. The zero-order valence-corrected chi connectivity index (χ0v) is 21.2. The van der Waals surface area contributed by atoms with Crippen LogP contribution in [-0.2, 0) is 6.54 Å². The van der Waals surface area contributed by atoms with E-state index in [9.17, 15) is 0 Å². The summed E-state index contributed by atoms with van der Waals surface area (Å²) < 4.78 is 6.50. The van der Waals surface area contributed by atoms with Gasteiger partial charge in [0.15, 0.2) is 11.7 Å². The quantitative estimate of drug-likeness (QED) is 0.283. The predicted octanol–water partition coefficient (Wildman–Crippen LogP) is 4.76. The predicted molar refractivity (Wildman–Crippen MR) is 133 cm³/mol. The first-order chi connectivity index (χ1) is 13.5. The molecule has 8 heteroatoms. The molecule has 0 aliphatic carbocycles. The topological polar surface area (TPSA) is 65.7 Å². The van der Waals surface area contributed by atoms with Crippen molar-refractivity contribution in [1.29, 1.82) is 0 Å². The first-order valence-electron chi connectivity index (χ1n) is 10.0. The van der Waals surface area contributed by atoms with Crippen LogP contribution in [0.15, 0.2) is 44.3 Å². The minimum atomic E-state index is 0. The Morgan fingerprint density at radius 2 is 2.07 bits per heavy atom. The highest BCUT2D eigenvalue weighted by Crippen LogP contribution is 2.25. The van der Waals surface area contributed by atoms with Gasteiger partial charge >= 0.3 is 0 Å². The third kappa shape index (κ3) is 7.16. The number of anilines is 1. The fourth-order valence-corrected chi connectivity index (χ4v) is 3.57. The van der Waals surface area contributed by atoms with Crippen molar-refractivity contribution in [3.63, 3.8) is 0 Å². The van der Waals surface area contributed by atoms with Crippen LogP contribution >= 0.6 is 39.9 Å². The molecule has 1 aliphatic heterocycles. The molecule has 1 aliphatic rings. The Morgan fingerprint density at radius 1 is 1.31 bits per heavy atom. The Bertz CT molecular complexity index is 778. The van der Waals surface area contributed by atoms with Gasteiger partial charge in [0, 0.05) is 42.4 Å². The Morgan fingerprint density at radius 3 is 2.72 bits per heavy atom. The molecule has 1 aromatic heterocycles. The van der Waals surface area contributed by atoms with Gasteiger partial charge in [-0.15, -0.1) is 24.0 Å². The van der Waals surface area contributed by atoms with E-state index < -0.39 is 0 Å². The van der Waals surface area contributed by atoms with Crippen molar-refractivity contribution in [2.75, 3.05) is 31.1 Å². The minimum Gasteiger partial charge on any atom is -0.371 e. The van der Waals surface area contributed by atoms with E-state index in [-0.39, 0.29) is 24.0 Å². The van der Waals surface area contributed by atoms with E-state index >= 15 is 0 Å². The van der Waals surface area contributed by atoms with Crippen LogP contribution in [0.1, 0.15) is 44.6 Å². The Balaban J connectivity index is 0.00000300. The summed E-state index contributed by atoms with van der Waals surface area (Å²) in [6.45, 7) is 10.7. The van der Waals surface area contributed by atoms with E-state index in [1.54, 1.807) is 0 Å². The Hall–Kier alpha value is -1.29. The zero-order chi connectivity index (χ0) is 19.9. The van der Waals surface area contributed by atoms with Crippen LogP contribution in [0.2, 0.25) is 0 Å². The van der Waals surface area contributed by atoms with E-state index in [0.29, 0.717) is 18.4 Å². The number of rotatable bonds is 7. The first-order valence-corrected chi connectivity index (χ1v) is 10.8. The smallest absolute Gasteiger partial charge is 0.191 e. The molecule has 160 valence electrons. The molecule has 2 N–H and O–H groups in total. The van der Waals surface area contributed by atoms with Crippen LogP contribution in [0, 0.1) is 5.92 Å². The Labute approximate surface area is 199 Å². The lowest BCUT2D eigenvalue weighted by molar-refractivity contribution is 0.376. The summed E-state index contributed by atoms with van der Waals surface area (Å²) in [5.41, 5.74) is 2.26. The number of aromatic nitrogens is 1. The summed E-state index contributed by atoms with van der Waals surface area (Å²) in [6, 6.07) is 10.5. The van der Waals surface area contributed by atoms with Crippen molar-refractivity contribution >= 4 is 51.6 Å². The summed E-state index contributed by atoms with van der Waals surface area (Å²) in [7, 11) is 0. The molecular weight excluding hydrogens is 545 g/mol. The molecule has 6 nitrogen and oxygen atoms in total. The van der Waals surface area contributed by atoms with Crippen molar-refractivity contribution in [1.82, 2.24) is 15.8 Å².